The van der Waals surface area contributed by atoms with E-state index in [-0.39, 0.29) is 0 Å². The highest BCUT2D eigenvalue weighted by Gasteiger charge is 2.24. The van der Waals surface area contributed by atoms with Gasteiger partial charge in [0.1, 0.15) is 5.58 Å². The van der Waals surface area contributed by atoms with Gasteiger partial charge in [0, 0.05) is 42.2 Å². The van der Waals surface area contributed by atoms with Crippen LogP contribution in [0, 0.1) is 0 Å². The van der Waals surface area contributed by atoms with E-state index >= 15 is 0 Å². The molecule has 0 saturated heterocycles. The number of thiophene rings is 1. The zero-order valence-corrected chi connectivity index (χ0v) is 30.6. The van der Waals surface area contributed by atoms with Crippen molar-refractivity contribution in [3.63, 3.8) is 0 Å². The first-order valence-corrected chi connectivity index (χ1v) is 19.5. The lowest BCUT2D eigenvalue weighted by atomic mass is 9.93. The first-order chi connectivity index (χ1) is 27.3. The van der Waals surface area contributed by atoms with E-state index < -0.39 is 0 Å². The molecule has 55 heavy (non-hydrogen) atoms. The minimum Gasteiger partial charge on any atom is -0.454 e. The Bertz CT molecular complexity index is 3210. The van der Waals surface area contributed by atoms with Crippen LogP contribution in [0.25, 0.3) is 86.3 Å². The summed E-state index contributed by atoms with van der Waals surface area (Å²) < 4.78 is 9.68. The molecule has 0 saturated carbocycles. The van der Waals surface area contributed by atoms with Crippen LogP contribution in [0.2, 0.25) is 0 Å². The molecule has 0 aliphatic heterocycles. The summed E-state index contributed by atoms with van der Waals surface area (Å²) in [7, 11) is 0. The highest BCUT2D eigenvalue weighted by Crippen LogP contribution is 2.49. The second-order valence-corrected chi connectivity index (χ2v) is 15.1. The second-order valence-electron chi connectivity index (χ2n) is 14.0. The van der Waals surface area contributed by atoms with Gasteiger partial charge in [0.25, 0.3) is 0 Å². The number of rotatable bonds is 6. The summed E-state index contributed by atoms with van der Waals surface area (Å²) in [6.45, 7) is 0. The molecule has 2 aromatic heterocycles. The molecule has 0 atom stereocenters. The summed E-state index contributed by atoms with van der Waals surface area (Å²) in [6.07, 6.45) is 0. The molecule has 0 aliphatic rings. The Morgan fingerprint density at radius 2 is 0.945 bits per heavy atom. The van der Waals surface area contributed by atoms with Crippen LogP contribution in [0.4, 0.5) is 17.1 Å². The van der Waals surface area contributed by atoms with Gasteiger partial charge in [-0.05, 0) is 81.1 Å². The lowest BCUT2D eigenvalue weighted by Gasteiger charge is -2.28. The monoisotopic (exact) mass is 719 g/mol. The van der Waals surface area contributed by atoms with Crippen LogP contribution in [-0.4, -0.2) is 0 Å². The number of benzene rings is 9. The van der Waals surface area contributed by atoms with Crippen LogP contribution >= 0.6 is 11.3 Å². The topological polar surface area (TPSA) is 16.4 Å². The van der Waals surface area contributed by atoms with Gasteiger partial charge in [-0.3, -0.25) is 0 Å². The molecule has 11 rings (SSSR count). The molecule has 0 spiro atoms. The number of anilines is 3. The summed E-state index contributed by atoms with van der Waals surface area (Å²) in [4.78, 5) is 2.41. The summed E-state index contributed by atoms with van der Waals surface area (Å²) in [6, 6.07) is 72.0. The van der Waals surface area contributed by atoms with E-state index in [4.69, 9.17) is 4.42 Å². The van der Waals surface area contributed by atoms with Gasteiger partial charge in [0.05, 0.1) is 11.4 Å². The normalized spacial score (nSPS) is 11.6. The molecule has 0 bridgehead atoms. The standard InChI is InChI=1S/C52H33NOS/c1-3-16-34(17-4-1)37-20-7-8-21-38(37)40-23-11-13-27-46(40)53(36-30-31-50-45(32-36)41-24-12-14-29-49(41)55-50)47-28-15-26-43-51-42-25-10-9-22-39(42)44(33-48(51)54-52(43)47)35-18-5-2-6-19-35/h1-33H. The van der Waals surface area contributed by atoms with E-state index in [0.717, 1.165) is 44.6 Å². The molecular weight excluding hydrogens is 687 g/mol. The molecular formula is C52H33NOS. The van der Waals surface area contributed by atoms with Gasteiger partial charge in [-0.1, -0.05) is 158 Å². The maximum absolute atomic E-state index is 7.12. The molecule has 2 nitrogen and oxygen atoms in total. The molecule has 0 unspecified atom stereocenters. The average molecular weight is 720 g/mol. The molecule has 0 radical (unpaired) electrons. The lowest BCUT2D eigenvalue weighted by molar-refractivity contribution is 0.669. The summed E-state index contributed by atoms with van der Waals surface area (Å²) in [5, 5.41) is 7.15. The van der Waals surface area contributed by atoms with Crippen LogP contribution in [0.3, 0.4) is 0 Å². The van der Waals surface area contributed by atoms with Crippen LogP contribution in [0.1, 0.15) is 0 Å². The van der Waals surface area contributed by atoms with Gasteiger partial charge in [-0.15, -0.1) is 11.3 Å². The average Bonchev–Trinajstić information content (AvgIpc) is 3.83. The van der Waals surface area contributed by atoms with Crippen LogP contribution in [0.5, 0.6) is 0 Å². The molecule has 0 fully saturated rings. The summed E-state index contributed by atoms with van der Waals surface area (Å²) in [5.41, 5.74) is 11.9. The first kappa shape index (κ1) is 31.6. The lowest BCUT2D eigenvalue weighted by Crippen LogP contribution is -2.11. The quantitative estimate of drug-likeness (QED) is 0.170. The van der Waals surface area contributed by atoms with Crippen molar-refractivity contribution in [1.29, 1.82) is 0 Å². The van der Waals surface area contributed by atoms with Crippen molar-refractivity contribution in [1.82, 2.24) is 0 Å². The van der Waals surface area contributed by atoms with Crippen molar-refractivity contribution in [2.45, 2.75) is 0 Å². The number of furan rings is 1. The number of hydrogen-bond acceptors (Lipinski definition) is 3. The molecule has 0 amide bonds. The van der Waals surface area contributed by atoms with Crippen molar-refractivity contribution < 1.29 is 4.42 Å². The van der Waals surface area contributed by atoms with Gasteiger partial charge >= 0.3 is 0 Å². The minimum absolute atomic E-state index is 0.856. The second kappa shape index (κ2) is 12.9. The van der Waals surface area contributed by atoms with E-state index in [1.54, 1.807) is 0 Å². The largest absolute Gasteiger partial charge is 0.454 e. The third-order valence-electron chi connectivity index (χ3n) is 10.9. The van der Waals surface area contributed by atoms with Gasteiger partial charge in [-0.2, -0.15) is 0 Å². The first-order valence-electron chi connectivity index (χ1n) is 18.7. The van der Waals surface area contributed by atoms with Crippen molar-refractivity contribution in [2.24, 2.45) is 0 Å². The van der Waals surface area contributed by atoms with Gasteiger partial charge in [0.15, 0.2) is 5.58 Å². The van der Waals surface area contributed by atoms with Gasteiger partial charge in [-0.25, -0.2) is 0 Å². The van der Waals surface area contributed by atoms with E-state index in [1.807, 2.05) is 11.3 Å². The molecule has 258 valence electrons. The predicted molar refractivity (Wildman–Crippen MR) is 235 cm³/mol. The fourth-order valence-corrected chi connectivity index (χ4v) is 9.51. The smallest absolute Gasteiger partial charge is 0.159 e. The van der Waals surface area contributed by atoms with Gasteiger partial charge < -0.3 is 9.32 Å². The summed E-state index contributed by atoms with van der Waals surface area (Å²) in [5.74, 6) is 0. The van der Waals surface area contributed by atoms with Crippen LogP contribution in [-0.2, 0) is 0 Å². The third-order valence-corrected chi connectivity index (χ3v) is 12.0. The Morgan fingerprint density at radius 1 is 0.364 bits per heavy atom. The number of para-hydroxylation sites is 2. The maximum Gasteiger partial charge on any atom is 0.159 e. The molecule has 9 aromatic carbocycles. The van der Waals surface area contributed by atoms with E-state index in [1.165, 1.54) is 58.8 Å². The molecule has 3 heteroatoms. The number of hydrogen-bond donors (Lipinski definition) is 0. The van der Waals surface area contributed by atoms with Crippen LogP contribution in [0.15, 0.2) is 205 Å². The highest BCUT2D eigenvalue weighted by atomic mass is 32.1. The van der Waals surface area contributed by atoms with E-state index in [9.17, 15) is 0 Å². The Hall–Kier alpha value is -6.94. The molecule has 11 aromatic rings. The van der Waals surface area contributed by atoms with Crippen molar-refractivity contribution in [3.05, 3.63) is 200 Å². The van der Waals surface area contributed by atoms with E-state index in [0.29, 0.717) is 0 Å². The van der Waals surface area contributed by atoms with Gasteiger partial charge in [0.2, 0.25) is 0 Å². The van der Waals surface area contributed by atoms with Crippen molar-refractivity contribution >= 4 is 81.3 Å². The predicted octanol–water partition coefficient (Wildman–Crippen LogP) is 15.6. The Labute approximate surface area is 322 Å². The van der Waals surface area contributed by atoms with E-state index in [2.05, 4.69) is 205 Å². The Kier molecular flexibility index (Phi) is 7.39. The molecule has 0 aliphatic carbocycles. The maximum atomic E-state index is 7.12. The van der Waals surface area contributed by atoms with Crippen LogP contribution < -0.4 is 4.90 Å². The summed E-state index contributed by atoms with van der Waals surface area (Å²) >= 11 is 1.84. The zero-order valence-electron chi connectivity index (χ0n) is 29.8. The third kappa shape index (κ3) is 5.16. The Balaban J connectivity index is 1.21. The number of fused-ring (bicyclic) bond motifs is 8. The molecule has 2 heterocycles. The zero-order chi connectivity index (χ0) is 36.3. The highest BCUT2D eigenvalue weighted by molar-refractivity contribution is 7.25. The minimum atomic E-state index is 0.856. The number of nitrogens with zero attached hydrogens (tertiary/aromatic N) is 1. The molecule has 0 N–H and O–H groups in total. The van der Waals surface area contributed by atoms with Crippen molar-refractivity contribution in [2.75, 3.05) is 4.90 Å². The SMILES string of the molecule is c1ccc(-c2ccccc2-c2ccccc2N(c2ccc3sc4ccccc4c3c2)c2cccc3c2oc2cc(-c4ccccc4)c4ccccc4c23)cc1. The van der Waals surface area contributed by atoms with Crippen molar-refractivity contribution in [3.8, 4) is 33.4 Å². The Morgan fingerprint density at radius 3 is 1.75 bits per heavy atom. The fourth-order valence-electron chi connectivity index (χ4n) is 8.42. The fraction of sp³-hybridized carbons (Fsp3) is 0.